The summed E-state index contributed by atoms with van der Waals surface area (Å²) in [5.41, 5.74) is 0. The van der Waals surface area contributed by atoms with E-state index in [1.54, 1.807) is 0 Å². The monoisotopic (exact) mass is 220 g/mol. The molecule has 0 unspecified atom stereocenters. The van der Waals surface area contributed by atoms with Gasteiger partial charge in [-0.2, -0.15) is 0 Å². The molecule has 0 amide bonds. The Morgan fingerprint density at radius 2 is 2.21 bits per heavy atom. The highest BCUT2D eigenvalue weighted by molar-refractivity contribution is 6.37. The molecule has 1 aliphatic heterocycles. The fraction of sp³-hybridized carbons (Fsp3) is 0.667. The van der Waals surface area contributed by atoms with Gasteiger partial charge in [0.05, 0.1) is 0 Å². The second kappa shape index (κ2) is 3.98. The van der Waals surface area contributed by atoms with Crippen LogP contribution in [0.15, 0.2) is 12.7 Å². The molecule has 1 heterocycles. The second-order valence-electron chi connectivity index (χ2n) is 2.97. The zero-order chi connectivity index (χ0) is 10.8. The van der Waals surface area contributed by atoms with E-state index >= 15 is 0 Å². The number of allylic oxidation sites excluding steroid dienone is 1. The summed E-state index contributed by atoms with van der Waals surface area (Å²) < 4.78 is 15.2. The molecular formula is C9H13ClO4. The molecule has 5 heteroatoms. The molecule has 1 saturated heterocycles. The average molecular weight is 221 g/mol. The van der Waals surface area contributed by atoms with Gasteiger partial charge in [-0.25, -0.2) is 0 Å². The van der Waals surface area contributed by atoms with Crippen molar-refractivity contribution >= 4 is 17.4 Å². The van der Waals surface area contributed by atoms with Crippen molar-refractivity contribution in [3.63, 3.8) is 0 Å². The van der Waals surface area contributed by atoms with Crippen molar-refractivity contribution < 1.29 is 19.0 Å². The van der Waals surface area contributed by atoms with Gasteiger partial charge in [0.2, 0.25) is 0 Å². The fourth-order valence-corrected chi connectivity index (χ4v) is 1.90. The van der Waals surface area contributed by atoms with Crippen LogP contribution in [0.1, 0.15) is 6.42 Å². The molecule has 0 aliphatic carbocycles. The molecule has 4 nitrogen and oxygen atoms in total. The Balaban J connectivity index is 3.06. The molecule has 1 fully saturated rings. The number of Topliss-reactive ketones (excluding diaryl/α,β-unsaturated/α-hetero) is 1. The third-order valence-corrected chi connectivity index (χ3v) is 2.88. The maximum absolute atomic E-state index is 11.6. The lowest BCUT2D eigenvalue weighted by Crippen LogP contribution is -2.53. The molecule has 0 aromatic rings. The maximum atomic E-state index is 11.6. The minimum Gasteiger partial charge on any atom is -0.329 e. The van der Waals surface area contributed by atoms with E-state index in [-0.39, 0.29) is 18.8 Å². The van der Waals surface area contributed by atoms with Crippen LogP contribution in [0.2, 0.25) is 0 Å². The van der Waals surface area contributed by atoms with Crippen molar-refractivity contribution in [3.8, 4) is 0 Å². The zero-order valence-corrected chi connectivity index (χ0v) is 8.97. The molecule has 0 radical (unpaired) electrons. The van der Waals surface area contributed by atoms with E-state index in [4.69, 9.17) is 25.8 Å². The van der Waals surface area contributed by atoms with E-state index in [0.29, 0.717) is 0 Å². The summed E-state index contributed by atoms with van der Waals surface area (Å²) in [5.74, 6) is -1.76. The van der Waals surface area contributed by atoms with Crippen LogP contribution < -0.4 is 0 Å². The highest BCUT2D eigenvalue weighted by atomic mass is 35.5. The molecule has 0 N–H and O–H groups in total. The molecule has 0 spiro atoms. The predicted octanol–water partition coefficient (Wildman–Crippen LogP) is 1.09. The number of hydrogen-bond donors (Lipinski definition) is 0. The first-order valence-corrected chi connectivity index (χ1v) is 4.51. The van der Waals surface area contributed by atoms with Gasteiger partial charge in [0.15, 0.2) is 10.7 Å². The highest BCUT2D eigenvalue weighted by Crippen LogP contribution is 2.43. The minimum atomic E-state index is -1.50. The molecule has 1 aliphatic rings. The third-order valence-electron chi connectivity index (χ3n) is 2.28. The Labute approximate surface area is 87.8 Å². The smallest absolute Gasteiger partial charge is 0.311 e. The van der Waals surface area contributed by atoms with Gasteiger partial charge in [0, 0.05) is 14.2 Å². The van der Waals surface area contributed by atoms with Gasteiger partial charge < -0.3 is 14.2 Å². The number of rotatable bonds is 4. The van der Waals surface area contributed by atoms with Gasteiger partial charge in [-0.1, -0.05) is 6.08 Å². The Hall–Kier alpha value is -0.420. The second-order valence-corrected chi connectivity index (χ2v) is 3.62. The van der Waals surface area contributed by atoms with Crippen molar-refractivity contribution in [3.05, 3.63) is 12.7 Å². The fourth-order valence-electron chi connectivity index (χ4n) is 1.52. The van der Waals surface area contributed by atoms with E-state index in [9.17, 15) is 4.79 Å². The van der Waals surface area contributed by atoms with Crippen LogP contribution in [0, 0.1) is 0 Å². The SMILES string of the molecule is C=CC[C@]1(Cl)C(=O)COC1(OC)OC. The summed E-state index contributed by atoms with van der Waals surface area (Å²) in [6.07, 6.45) is 1.77. The lowest BCUT2D eigenvalue weighted by Gasteiger charge is -2.34. The number of ketones is 1. The first kappa shape index (κ1) is 11.7. The summed E-state index contributed by atoms with van der Waals surface area (Å²) in [4.78, 5) is 10.2. The summed E-state index contributed by atoms with van der Waals surface area (Å²) in [5, 5.41) is 0. The quantitative estimate of drug-likeness (QED) is 0.404. The first-order chi connectivity index (χ1) is 6.56. The molecular weight excluding hydrogens is 208 g/mol. The number of hydrogen-bond acceptors (Lipinski definition) is 4. The maximum Gasteiger partial charge on any atom is 0.311 e. The van der Waals surface area contributed by atoms with Crippen LogP contribution in [-0.2, 0) is 19.0 Å². The number of alkyl halides is 1. The topological polar surface area (TPSA) is 44.8 Å². The molecule has 0 aromatic carbocycles. The van der Waals surface area contributed by atoms with Crippen LogP contribution in [0.5, 0.6) is 0 Å². The normalized spacial score (nSPS) is 30.6. The van der Waals surface area contributed by atoms with E-state index in [1.165, 1.54) is 20.3 Å². The van der Waals surface area contributed by atoms with Crippen LogP contribution >= 0.6 is 11.6 Å². The van der Waals surface area contributed by atoms with Gasteiger partial charge >= 0.3 is 5.97 Å². The van der Waals surface area contributed by atoms with Gasteiger partial charge in [-0.3, -0.25) is 4.79 Å². The number of halogens is 1. The molecule has 1 atom stereocenters. The predicted molar refractivity (Wildman–Crippen MR) is 51.1 cm³/mol. The van der Waals surface area contributed by atoms with Gasteiger partial charge in [-0.15, -0.1) is 18.2 Å². The Morgan fingerprint density at radius 3 is 2.64 bits per heavy atom. The molecule has 0 bridgehead atoms. The first-order valence-electron chi connectivity index (χ1n) is 4.13. The van der Waals surface area contributed by atoms with Gasteiger partial charge in [0.25, 0.3) is 0 Å². The zero-order valence-electron chi connectivity index (χ0n) is 8.21. The average Bonchev–Trinajstić information content (AvgIpc) is 2.42. The van der Waals surface area contributed by atoms with Crippen LogP contribution in [-0.4, -0.2) is 37.5 Å². The third kappa shape index (κ3) is 1.39. The molecule has 14 heavy (non-hydrogen) atoms. The van der Waals surface area contributed by atoms with E-state index in [1.807, 2.05) is 0 Å². The lowest BCUT2D eigenvalue weighted by atomic mass is 9.99. The largest absolute Gasteiger partial charge is 0.329 e. The van der Waals surface area contributed by atoms with Gasteiger partial charge in [0.1, 0.15) is 6.61 Å². The summed E-state index contributed by atoms with van der Waals surface area (Å²) in [6.45, 7) is 3.42. The Morgan fingerprint density at radius 1 is 1.64 bits per heavy atom. The number of carbonyl (C=O) groups excluding carboxylic acids is 1. The number of methoxy groups -OCH3 is 2. The van der Waals surface area contributed by atoms with Crippen LogP contribution in [0.4, 0.5) is 0 Å². The van der Waals surface area contributed by atoms with Crippen molar-refractivity contribution in [2.45, 2.75) is 17.3 Å². The van der Waals surface area contributed by atoms with Crippen molar-refractivity contribution in [1.29, 1.82) is 0 Å². The van der Waals surface area contributed by atoms with E-state index in [0.717, 1.165) is 0 Å². The minimum absolute atomic E-state index is 0.112. The van der Waals surface area contributed by atoms with Crippen molar-refractivity contribution in [1.82, 2.24) is 0 Å². The van der Waals surface area contributed by atoms with Crippen LogP contribution in [0.25, 0.3) is 0 Å². The molecule has 80 valence electrons. The highest BCUT2D eigenvalue weighted by Gasteiger charge is 2.63. The molecule has 1 rings (SSSR count). The van der Waals surface area contributed by atoms with Gasteiger partial charge in [-0.05, 0) is 6.42 Å². The van der Waals surface area contributed by atoms with Crippen molar-refractivity contribution in [2.75, 3.05) is 20.8 Å². The number of carbonyl (C=O) groups is 1. The Bertz CT molecular complexity index is 249. The van der Waals surface area contributed by atoms with Crippen LogP contribution in [0.3, 0.4) is 0 Å². The standard InChI is InChI=1S/C9H13ClO4/c1-4-5-8(10)7(11)6-14-9(8,12-2)13-3/h4H,1,5-6H2,2-3H3/t8-/m0/s1. The van der Waals surface area contributed by atoms with E-state index in [2.05, 4.69) is 6.58 Å². The Kier molecular flexibility index (Phi) is 3.32. The number of ether oxygens (including phenoxy) is 3. The van der Waals surface area contributed by atoms with Crippen molar-refractivity contribution in [2.24, 2.45) is 0 Å². The van der Waals surface area contributed by atoms with E-state index < -0.39 is 10.8 Å². The molecule has 0 saturated carbocycles. The summed E-state index contributed by atoms with van der Waals surface area (Å²) in [6, 6.07) is 0. The lowest BCUT2D eigenvalue weighted by molar-refractivity contribution is -0.352. The summed E-state index contributed by atoms with van der Waals surface area (Å²) >= 11 is 6.15. The molecule has 0 aromatic heterocycles. The summed E-state index contributed by atoms with van der Waals surface area (Å²) in [7, 11) is 2.75.